The SMILES string of the molecule is C/C=C/c1cccc(C)c1C. The van der Waals surface area contributed by atoms with Gasteiger partial charge in [0.25, 0.3) is 0 Å². The van der Waals surface area contributed by atoms with Crippen molar-refractivity contribution in [2.45, 2.75) is 20.8 Å². The van der Waals surface area contributed by atoms with Gasteiger partial charge in [-0.25, -0.2) is 0 Å². The number of benzene rings is 1. The molecule has 1 aromatic carbocycles. The molecule has 0 bridgehead atoms. The molecule has 0 amide bonds. The lowest BCUT2D eigenvalue weighted by Crippen LogP contribution is -1.83. The highest BCUT2D eigenvalue weighted by Gasteiger charge is 1.94. The lowest BCUT2D eigenvalue weighted by molar-refractivity contribution is 1.32. The molecule has 0 heterocycles. The van der Waals surface area contributed by atoms with Crippen molar-refractivity contribution in [2.75, 3.05) is 0 Å². The molecule has 11 heavy (non-hydrogen) atoms. The Morgan fingerprint density at radius 3 is 2.55 bits per heavy atom. The van der Waals surface area contributed by atoms with Crippen LogP contribution in [0.1, 0.15) is 23.6 Å². The van der Waals surface area contributed by atoms with E-state index >= 15 is 0 Å². The summed E-state index contributed by atoms with van der Waals surface area (Å²) in [5, 5.41) is 0. The van der Waals surface area contributed by atoms with Crippen LogP contribution in [0.4, 0.5) is 0 Å². The van der Waals surface area contributed by atoms with Gasteiger partial charge < -0.3 is 0 Å². The minimum atomic E-state index is 1.33. The van der Waals surface area contributed by atoms with Crippen LogP contribution in [-0.2, 0) is 0 Å². The molecule has 0 unspecified atom stereocenters. The third-order valence-corrected chi connectivity index (χ3v) is 1.99. The second kappa shape index (κ2) is 3.38. The zero-order chi connectivity index (χ0) is 8.27. The lowest BCUT2D eigenvalue weighted by atomic mass is 10.0. The molecular formula is C11H14. The van der Waals surface area contributed by atoms with Gasteiger partial charge in [0.1, 0.15) is 0 Å². The van der Waals surface area contributed by atoms with E-state index in [1.807, 2.05) is 6.92 Å². The quantitative estimate of drug-likeness (QED) is 0.570. The van der Waals surface area contributed by atoms with E-state index < -0.39 is 0 Å². The molecule has 0 saturated carbocycles. The highest BCUT2D eigenvalue weighted by Crippen LogP contribution is 2.13. The Hall–Kier alpha value is -1.04. The fourth-order valence-corrected chi connectivity index (χ4v) is 1.13. The summed E-state index contributed by atoms with van der Waals surface area (Å²) in [5.74, 6) is 0. The standard InChI is InChI=1S/C11H14/c1-4-6-11-8-5-7-9(2)10(11)3/h4-8H,1-3H3/b6-4+. The van der Waals surface area contributed by atoms with Crippen LogP contribution < -0.4 is 0 Å². The van der Waals surface area contributed by atoms with Gasteiger partial charge in [0.15, 0.2) is 0 Å². The van der Waals surface area contributed by atoms with E-state index in [4.69, 9.17) is 0 Å². The molecule has 0 fully saturated rings. The Morgan fingerprint density at radius 2 is 1.91 bits per heavy atom. The molecule has 0 N–H and O–H groups in total. The minimum Gasteiger partial charge on any atom is -0.0871 e. The number of rotatable bonds is 1. The van der Waals surface area contributed by atoms with E-state index in [9.17, 15) is 0 Å². The number of aryl methyl sites for hydroxylation is 1. The van der Waals surface area contributed by atoms with Crippen molar-refractivity contribution < 1.29 is 0 Å². The Labute approximate surface area is 68.6 Å². The molecule has 1 aromatic rings. The first-order valence-corrected chi connectivity index (χ1v) is 3.94. The van der Waals surface area contributed by atoms with Gasteiger partial charge in [-0.3, -0.25) is 0 Å². The van der Waals surface area contributed by atoms with Gasteiger partial charge in [0.05, 0.1) is 0 Å². The summed E-state index contributed by atoms with van der Waals surface area (Å²) in [5.41, 5.74) is 4.07. The van der Waals surface area contributed by atoms with Crippen LogP contribution in [0.5, 0.6) is 0 Å². The largest absolute Gasteiger partial charge is 0.0871 e. The number of allylic oxidation sites excluding steroid dienone is 1. The summed E-state index contributed by atoms with van der Waals surface area (Å²) in [6, 6.07) is 6.38. The van der Waals surface area contributed by atoms with Crippen molar-refractivity contribution in [3.63, 3.8) is 0 Å². The van der Waals surface area contributed by atoms with Crippen molar-refractivity contribution in [2.24, 2.45) is 0 Å². The number of hydrogen-bond acceptors (Lipinski definition) is 0. The van der Waals surface area contributed by atoms with Crippen molar-refractivity contribution in [1.82, 2.24) is 0 Å². The normalized spacial score (nSPS) is 10.8. The highest BCUT2D eigenvalue weighted by atomic mass is 14.0. The van der Waals surface area contributed by atoms with Crippen LogP contribution in [0.3, 0.4) is 0 Å². The van der Waals surface area contributed by atoms with Crippen molar-refractivity contribution in [3.8, 4) is 0 Å². The molecular weight excluding hydrogens is 132 g/mol. The maximum atomic E-state index is 2.16. The van der Waals surface area contributed by atoms with Crippen LogP contribution in [-0.4, -0.2) is 0 Å². The van der Waals surface area contributed by atoms with Crippen LogP contribution in [0.15, 0.2) is 24.3 Å². The molecule has 0 aliphatic rings. The maximum Gasteiger partial charge on any atom is -0.0228 e. The van der Waals surface area contributed by atoms with E-state index in [0.717, 1.165) is 0 Å². The van der Waals surface area contributed by atoms with Gasteiger partial charge in [-0.1, -0.05) is 30.4 Å². The van der Waals surface area contributed by atoms with Crippen LogP contribution in [0.25, 0.3) is 6.08 Å². The van der Waals surface area contributed by atoms with Gasteiger partial charge >= 0.3 is 0 Å². The molecule has 58 valence electrons. The molecule has 0 atom stereocenters. The molecule has 0 nitrogen and oxygen atoms in total. The van der Waals surface area contributed by atoms with Crippen LogP contribution >= 0.6 is 0 Å². The summed E-state index contributed by atoms with van der Waals surface area (Å²) in [6.45, 7) is 6.34. The first kappa shape index (κ1) is 8.06. The van der Waals surface area contributed by atoms with E-state index in [2.05, 4.69) is 44.2 Å². The Kier molecular flexibility index (Phi) is 2.48. The van der Waals surface area contributed by atoms with Crippen molar-refractivity contribution in [3.05, 3.63) is 41.0 Å². The average molecular weight is 146 g/mol. The minimum absolute atomic E-state index is 1.33. The van der Waals surface area contributed by atoms with E-state index in [-0.39, 0.29) is 0 Å². The molecule has 1 rings (SSSR count). The maximum absolute atomic E-state index is 2.16. The summed E-state index contributed by atoms with van der Waals surface area (Å²) in [6.07, 6.45) is 4.21. The Morgan fingerprint density at radius 1 is 1.18 bits per heavy atom. The monoisotopic (exact) mass is 146 g/mol. The van der Waals surface area contributed by atoms with Crippen molar-refractivity contribution >= 4 is 6.08 Å². The third-order valence-electron chi connectivity index (χ3n) is 1.99. The predicted octanol–water partition coefficient (Wildman–Crippen LogP) is 3.34. The topological polar surface area (TPSA) is 0 Å². The predicted molar refractivity (Wildman–Crippen MR) is 50.6 cm³/mol. The van der Waals surface area contributed by atoms with E-state index in [1.54, 1.807) is 0 Å². The average Bonchev–Trinajstić information content (AvgIpc) is 1.99. The van der Waals surface area contributed by atoms with E-state index in [1.165, 1.54) is 16.7 Å². The first-order chi connectivity index (χ1) is 5.25. The van der Waals surface area contributed by atoms with Gasteiger partial charge in [0, 0.05) is 0 Å². The van der Waals surface area contributed by atoms with Crippen LogP contribution in [0, 0.1) is 13.8 Å². The Bertz CT molecular complexity index is 269. The first-order valence-electron chi connectivity index (χ1n) is 3.94. The summed E-state index contributed by atoms with van der Waals surface area (Å²) < 4.78 is 0. The van der Waals surface area contributed by atoms with Gasteiger partial charge in [-0.05, 0) is 37.5 Å². The third kappa shape index (κ3) is 1.70. The Balaban J connectivity index is 3.16. The smallest absolute Gasteiger partial charge is 0.0228 e. The molecule has 0 saturated heterocycles. The second-order valence-electron chi connectivity index (χ2n) is 2.79. The van der Waals surface area contributed by atoms with Gasteiger partial charge in [-0.15, -0.1) is 0 Å². The summed E-state index contributed by atoms with van der Waals surface area (Å²) in [7, 11) is 0. The lowest BCUT2D eigenvalue weighted by Gasteiger charge is -2.02. The van der Waals surface area contributed by atoms with E-state index in [0.29, 0.717) is 0 Å². The molecule has 0 radical (unpaired) electrons. The molecule has 0 aromatic heterocycles. The molecule has 0 aliphatic heterocycles. The molecule has 0 heteroatoms. The summed E-state index contributed by atoms with van der Waals surface area (Å²) >= 11 is 0. The number of hydrogen-bond donors (Lipinski definition) is 0. The fourth-order valence-electron chi connectivity index (χ4n) is 1.13. The van der Waals surface area contributed by atoms with Gasteiger partial charge in [0.2, 0.25) is 0 Å². The fraction of sp³-hybridized carbons (Fsp3) is 0.273. The zero-order valence-electron chi connectivity index (χ0n) is 7.39. The summed E-state index contributed by atoms with van der Waals surface area (Å²) in [4.78, 5) is 0. The second-order valence-corrected chi connectivity index (χ2v) is 2.79. The highest BCUT2D eigenvalue weighted by molar-refractivity contribution is 5.54. The van der Waals surface area contributed by atoms with Crippen molar-refractivity contribution in [1.29, 1.82) is 0 Å². The zero-order valence-corrected chi connectivity index (χ0v) is 7.39. The van der Waals surface area contributed by atoms with Crippen LogP contribution in [0.2, 0.25) is 0 Å². The molecule has 0 aliphatic carbocycles. The van der Waals surface area contributed by atoms with Gasteiger partial charge in [-0.2, -0.15) is 0 Å². The molecule has 0 spiro atoms.